The predicted molar refractivity (Wildman–Crippen MR) is 205 cm³/mol. The Balaban J connectivity index is 1.43. The molecule has 4 aromatic carbocycles. The summed E-state index contributed by atoms with van der Waals surface area (Å²) in [4.78, 5) is 12.1. The molecular weight excluding hydrogens is 679 g/mol. The van der Waals surface area contributed by atoms with Gasteiger partial charge in [0, 0.05) is 23.3 Å². The lowest BCUT2D eigenvalue weighted by molar-refractivity contribution is -0.138. The zero-order chi connectivity index (χ0) is 36.6. The van der Waals surface area contributed by atoms with Crippen LogP contribution in [0.3, 0.4) is 0 Å². The third kappa shape index (κ3) is 8.84. The molecule has 51 heavy (non-hydrogen) atoms. The molecule has 1 N–H and O–H groups in total. The summed E-state index contributed by atoms with van der Waals surface area (Å²) in [5.74, 6) is 4.83. The molecule has 1 unspecified atom stereocenters. The first-order chi connectivity index (χ1) is 24.4. The fourth-order valence-corrected chi connectivity index (χ4v) is 12.2. The quantitative estimate of drug-likeness (QED) is 0.0749. The Morgan fingerprint density at radius 1 is 0.882 bits per heavy atom. The molecule has 7 nitrogen and oxygen atoms in total. The van der Waals surface area contributed by atoms with E-state index in [1.165, 1.54) is 12.1 Å². The highest BCUT2D eigenvalue weighted by molar-refractivity contribution is 7.39. The van der Waals surface area contributed by atoms with Gasteiger partial charge in [-0.1, -0.05) is 130 Å². The van der Waals surface area contributed by atoms with Gasteiger partial charge in [0.2, 0.25) is 0 Å². The molecule has 1 heterocycles. The zero-order valence-electron chi connectivity index (χ0n) is 29.6. The number of nitrogens with zero attached hydrogens (tertiary/aromatic N) is 2. The van der Waals surface area contributed by atoms with Crippen molar-refractivity contribution in [2.75, 3.05) is 12.8 Å². The van der Waals surface area contributed by atoms with E-state index in [0.29, 0.717) is 11.4 Å². The molecule has 0 bridgehead atoms. The van der Waals surface area contributed by atoms with Gasteiger partial charge in [-0.3, -0.25) is 14.0 Å². The number of hydrogen-bond acceptors (Lipinski definition) is 5. The Morgan fingerprint density at radius 3 is 1.94 bits per heavy atom. The molecule has 5 rings (SSSR count). The lowest BCUT2D eigenvalue weighted by atomic mass is 9.99. The molecule has 0 saturated carbocycles. The minimum Gasteiger partial charge on any atom is -0.481 e. The van der Waals surface area contributed by atoms with E-state index < -0.39 is 33.5 Å². The van der Waals surface area contributed by atoms with E-state index in [1.807, 2.05) is 110 Å². The van der Waals surface area contributed by atoms with Gasteiger partial charge in [0.15, 0.2) is 8.03 Å². The molecule has 2 atom stereocenters. The summed E-state index contributed by atoms with van der Waals surface area (Å²) in [5, 5.41) is 16.4. The second-order valence-corrected chi connectivity index (χ2v) is 19.3. The van der Waals surface area contributed by atoms with E-state index in [0.717, 1.165) is 27.1 Å². The molecule has 1 aromatic heterocycles. The van der Waals surface area contributed by atoms with Crippen molar-refractivity contribution < 1.29 is 27.8 Å². The number of hydrogen-bond donors (Lipinski definition) is 1. The van der Waals surface area contributed by atoms with Crippen molar-refractivity contribution in [3.8, 4) is 34.2 Å². The maximum atomic E-state index is 13.9. The molecule has 5 aromatic rings. The fourth-order valence-electron chi connectivity index (χ4n) is 6.39. The van der Waals surface area contributed by atoms with Crippen LogP contribution in [-0.2, 0) is 18.3 Å². The van der Waals surface area contributed by atoms with Crippen LogP contribution in [0.4, 0.5) is 4.39 Å². The Labute approximate surface area is 301 Å². The maximum Gasteiger partial charge on any atom is 0.305 e. The topological polar surface area (TPSA) is 90.7 Å². The number of aliphatic carboxylic acids is 1. The van der Waals surface area contributed by atoms with Crippen molar-refractivity contribution in [1.82, 2.24) is 9.78 Å². The minimum absolute atomic E-state index is 0.0404. The first kappa shape index (κ1) is 37.7. The standard InChI is InChI=1S/C41H44FN2O5PSi/c1-30(2)44-37(39(31-23-25-33(42)26-24-31)40(43-44)32-16-9-6-10-17-32)22-15-27-48-50(47)29-34(28-38(45)46)49-51(41(3,4)5,35-18-11-7-12-19-35)36-20-13-8-14-21-36/h6-14,16-21,23-26,30,34,50H,27-29H2,1-5H3,(H,45,46)/t34-/m0/s1. The molecule has 0 saturated heterocycles. The van der Waals surface area contributed by atoms with Crippen LogP contribution in [0.25, 0.3) is 22.4 Å². The third-order valence-corrected chi connectivity index (χ3v) is 15.0. The van der Waals surface area contributed by atoms with Crippen molar-refractivity contribution in [2.24, 2.45) is 0 Å². The van der Waals surface area contributed by atoms with E-state index in [4.69, 9.17) is 14.0 Å². The highest BCUT2D eigenvalue weighted by atomic mass is 31.1. The SMILES string of the molecule is CC(C)n1nc(-c2ccccc2)c(-c2ccc(F)cc2)c1C#CCO[PH](=O)C[C@H](CC(=O)O)O[Si](c1ccccc1)(c1ccccc1)C(C)(C)C. The largest absolute Gasteiger partial charge is 0.481 e. The second-order valence-electron chi connectivity index (χ2n) is 13.7. The van der Waals surface area contributed by atoms with Crippen LogP contribution in [0, 0.1) is 17.7 Å². The first-order valence-electron chi connectivity index (χ1n) is 17.0. The van der Waals surface area contributed by atoms with Gasteiger partial charge in [-0.2, -0.15) is 5.10 Å². The monoisotopic (exact) mass is 722 g/mol. The average Bonchev–Trinajstić information content (AvgIpc) is 3.49. The van der Waals surface area contributed by atoms with Gasteiger partial charge < -0.3 is 14.1 Å². The smallest absolute Gasteiger partial charge is 0.305 e. The summed E-state index contributed by atoms with van der Waals surface area (Å²) in [6.45, 7) is 10.2. The number of rotatable bonds is 13. The van der Waals surface area contributed by atoms with Gasteiger partial charge in [-0.05, 0) is 52.9 Å². The lowest BCUT2D eigenvalue weighted by Gasteiger charge is -2.45. The van der Waals surface area contributed by atoms with Crippen LogP contribution < -0.4 is 10.4 Å². The molecule has 0 aliphatic carbocycles. The zero-order valence-corrected chi connectivity index (χ0v) is 31.6. The fraction of sp³-hybridized carbons (Fsp3) is 0.268. The summed E-state index contributed by atoms with van der Waals surface area (Å²) < 4.78 is 42.1. The molecule has 0 aliphatic rings. The van der Waals surface area contributed by atoms with Gasteiger partial charge >= 0.3 is 5.97 Å². The van der Waals surface area contributed by atoms with E-state index in [-0.39, 0.29) is 31.0 Å². The highest BCUT2D eigenvalue weighted by Crippen LogP contribution is 2.39. The Kier molecular flexibility index (Phi) is 12.3. The predicted octanol–water partition coefficient (Wildman–Crippen LogP) is 8.20. The molecule has 0 radical (unpaired) electrons. The van der Waals surface area contributed by atoms with Crippen molar-refractivity contribution in [1.29, 1.82) is 0 Å². The summed E-state index contributed by atoms with van der Waals surface area (Å²) in [7, 11) is -5.90. The van der Waals surface area contributed by atoms with Crippen LogP contribution in [0.2, 0.25) is 5.04 Å². The van der Waals surface area contributed by atoms with Crippen molar-refractivity contribution in [2.45, 2.75) is 58.2 Å². The van der Waals surface area contributed by atoms with E-state index in [2.05, 4.69) is 32.6 Å². The summed E-state index contributed by atoms with van der Waals surface area (Å²) >= 11 is 0. The van der Waals surface area contributed by atoms with E-state index in [1.54, 1.807) is 12.1 Å². The second kappa shape index (κ2) is 16.6. The summed E-state index contributed by atoms with van der Waals surface area (Å²) in [6.07, 6.45) is -1.27. The van der Waals surface area contributed by atoms with Crippen molar-refractivity contribution >= 4 is 32.7 Å². The van der Waals surface area contributed by atoms with Gasteiger partial charge in [0.1, 0.15) is 23.8 Å². The number of carboxylic acids is 1. The van der Waals surface area contributed by atoms with E-state index in [9.17, 15) is 18.9 Å². The van der Waals surface area contributed by atoms with E-state index >= 15 is 0 Å². The van der Waals surface area contributed by atoms with Crippen molar-refractivity contribution in [3.05, 3.63) is 127 Å². The number of benzene rings is 4. The van der Waals surface area contributed by atoms with Crippen LogP contribution in [-0.4, -0.2) is 48.0 Å². The average molecular weight is 723 g/mol. The maximum absolute atomic E-state index is 13.9. The number of carboxylic acid groups (broad SMARTS) is 1. The molecule has 0 aliphatic heterocycles. The Hall–Kier alpha value is -4.58. The van der Waals surface area contributed by atoms with Gasteiger partial charge in [-0.25, -0.2) is 4.39 Å². The molecule has 0 spiro atoms. The van der Waals surface area contributed by atoms with Gasteiger partial charge in [0.25, 0.3) is 8.32 Å². The molecule has 10 heteroatoms. The molecule has 264 valence electrons. The Bertz CT molecular complexity index is 1960. The normalized spacial score (nSPS) is 13.0. The van der Waals surface area contributed by atoms with Crippen LogP contribution >= 0.6 is 8.03 Å². The minimum atomic E-state index is -3.12. The van der Waals surface area contributed by atoms with Crippen LogP contribution in [0.5, 0.6) is 0 Å². The summed E-state index contributed by atoms with van der Waals surface area (Å²) in [5.41, 5.74) is 3.75. The van der Waals surface area contributed by atoms with Crippen LogP contribution in [0.15, 0.2) is 115 Å². The molecule has 0 amide bonds. The lowest BCUT2D eigenvalue weighted by Crippen LogP contribution is -2.68. The van der Waals surface area contributed by atoms with Crippen molar-refractivity contribution in [3.63, 3.8) is 0 Å². The number of halogens is 1. The Morgan fingerprint density at radius 2 is 1.43 bits per heavy atom. The summed E-state index contributed by atoms with van der Waals surface area (Å²) in [6, 6.07) is 35.8. The molecule has 0 fully saturated rings. The number of aromatic nitrogens is 2. The third-order valence-electron chi connectivity index (χ3n) is 8.65. The highest BCUT2D eigenvalue weighted by Gasteiger charge is 2.51. The van der Waals surface area contributed by atoms with Gasteiger partial charge in [-0.15, -0.1) is 0 Å². The van der Waals surface area contributed by atoms with Gasteiger partial charge in [0.05, 0.1) is 12.5 Å². The first-order valence-corrected chi connectivity index (χ1v) is 20.4. The molecular formula is C41H44FN2O5PSi. The number of carbonyl (C=O) groups is 1. The van der Waals surface area contributed by atoms with Crippen LogP contribution in [0.1, 0.15) is 52.8 Å².